The quantitative estimate of drug-likeness (QED) is 0.643. The zero-order valence-corrected chi connectivity index (χ0v) is 14.7. The topological polar surface area (TPSA) is 54.0 Å². The molecule has 0 aliphatic heterocycles. The molecular weight excluding hydrogens is 357 g/mol. The summed E-state index contributed by atoms with van der Waals surface area (Å²) >= 11 is 11.8. The van der Waals surface area contributed by atoms with Crippen molar-refractivity contribution in [1.29, 1.82) is 0 Å². The van der Waals surface area contributed by atoms with Gasteiger partial charge in [-0.05, 0) is 35.9 Å². The molecule has 0 fully saturated rings. The molecule has 0 saturated carbocycles. The van der Waals surface area contributed by atoms with Crippen LogP contribution in [0.2, 0.25) is 10.0 Å². The number of rotatable bonds is 5. The number of carbonyl (C=O) groups is 1. The summed E-state index contributed by atoms with van der Waals surface area (Å²) in [6, 6.07) is 18.3. The minimum Gasteiger partial charge on any atom is -0.366 e. The second kappa shape index (κ2) is 8.01. The van der Waals surface area contributed by atoms with Crippen molar-refractivity contribution in [1.82, 2.24) is 4.98 Å². The number of anilines is 2. The molecule has 3 aromatic rings. The summed E-state index contributed by atoms with van der Waals surface area (Å²) in [6.45, 7) is 0.631. The first-order valence-electron chi connectivity index (χ1n) is 7.62. The van der Waals surface area contributed by atoms with Crippen molar-refractivity contribution in [2.75, 3.05) is 10.6 Å². The molecule has 6 heteroatoms. The smallest absolute Gasteiger partial charge is 0.255 e. The van der Waals surface area contributed by atoms with Crippen molar-refractivity contribution in [2.24, 2.45) is 0 Å². The lowest BCUT2D eigenvalue weighted by molar-refractivity contribution is 0.102. The van der Waals surface area contributed by atoms with Gasteiger partial charge in [0.15, 0.2) is 0 Å². The first kappa shape index (κ1) is 17.3. The van der Waals surface area contributed by atoms with Crippen LogP contribution in [0.3, 0.4) is 0 Å². The molecule has 2 aromatic carbocycles. The third-order valence-electron chi connectivity index (χ3n) is 3.52. The minimum absolute atomic E-state index is 0.247. The van der Waals surface area contributed by atoms with Crippen LogP contribution < -0.4 is 10.6 Å². The standard InChI is InChI=1S/C19H15Cl2N3O/c20-16-7-6-15(11-17(16)21)24-19(25)14-8-9-22-18(10-14)23-12-13-4-2-1-3-5-13/h1-11H,12H2,(H,22,23)(H,24,25). The summed E-state index contributed by atoms with van der Waals surface area (Å²) in [5.74, 6) is 0.384. The molecule has 0 aliphatic carbocycles. The van der Waals surface area contributed by atoms with Crippen LogP contribution in [0.4, 0.5) is 11.5 Å². The van der Waals surface area contributed by atoms with Gasteiger partial charge in [-0.3, -0.25) is 4.79 Å². The maximum absolute atomic E-state index is 12.4. The van der Waals surface area contributed by atoms with Crippen LogP contribution in [0.25, 0.3) is 0 Å². The van der Waals surface area contributed by atoms with Gasteiger partial charge in [0.05, 0.1) is 10.0 Å². The van der Waals surface area contributed by atoms with Gasteiger partial charge in [0.25, 0.3) is 5.91 Å². The molecular formula is C19H15Cl2N3O. The number of nitrogens with zero attached hydrogens (tertiary/aromatic N) is 1. The van der Waals surface area contributed by atoms with Crippen molar-refractivity contribution in [2.45, 2.75) is 6.54 Å². The molecule has 0 saturated heterocycles. The number of halogens is 2. The molecule has 0 aliphatic rings. The van der Waals surface area contributed by atoms with Gasteiger partial charge in [0.1, 0.15) is 5.82 Å². The zero-order valence-electron chi connectivity index (χ0n) is 13.2. The van der Waals surface area contributed by atoms with Crippen LogP contribution in [0.1, 0.15) is 15.9 Å². The average Bonchev–Trinajstić information content (AvgIpc) is 2.64. The lowest BCUT2D eigenvalue weighted by Crippen LogP contribution is -2.12. The summed E-state index contributed by atoms with van der Waals surface area (Å²) in [6.07, 6.45) is 1.59. The number of nitrogens with one attached hydrogen (secondary N) is 2. The summed E-state index contributed by atoms with van der Waals surface area (Å²) in [7, 11) is 0. The fourth-order valence-electron chi connectivity index (χ4n) is 2.23. The van der Waals surface area contributed by atoms with Gasteiger partial charge in [-0.25, -0.2) is 4.98 Å². The molecule has 1 aromatic heterocycles. The fraction of sp³-hybridized carbons (Fsp3) is 0.0526. The number of hydrogen-bond acceptors (Lipinski definition) is 3. The minimum atomic E-state index is -0.247. The van der Waals surface area contributed by atoms with Crippen LogP contribution in [0.5, 0.6) is 0 Å². The molecule has 0 bridgehead atoms. The fourth-order valence-corrected chi connectivity index (χ4v) is 2.53. The Kier molecular flexibility index (Phi) is 5.53. The SMILES string of the molecule is O=C(Nc1ccc(Cl)c(Cl)c1)c1ccnc(NCc2ccccc2)c1. The van der Waals surface area contributed by atoms with Gasteiger partial charge in [-0.1, -0.05) is 53.5 Å². The third kappa shape index (κ3) is 4.72. The molecule has 2 N–H and O–H groups in total. The second-order valence-corrected chi connectivity index (χ2v) is 6.17. The molecule has 126 valence electrons. The largest absolute Gasteiger partial charge is 0.366 e. The first-order chi connectivity index (χ1) is 12.1. The normalized spacial score (nSPS) is 10.3. The molecule has 0 atom stereocenters. The monoisotopic (exact) mass is 371 g/mol. The molecule has 3 rings (SSSR count). The van der Waals surface area contributed by atoms with Crippen molar-refractivity contribution < 1.29 is 4.79 Å². The van der Waals surface area contributed by atoms with Gasteiger partial charge >= 0.3 is 0 Å². The zero-order chi connectivity index (χ0) is 17.6. The molecule has 4 nitrogen and oxygen atoms in total. The van der Waals surface area contributed by atoms with Crippen LogP contribution in [-0.2, 0) is 6.54 Å². The van der Waals surface area contributed by atoms with E-state index < -0.39 is 0 Å². The van der Waals surface area contributed by atoms with Crippen molar-refractivity contribution in [3.05, 3.63) is 88.0 Å². The van der Waals surface area contributed by atoms with Gasteiger partial charge < -0.3 is 10.6 Å². The predicted molar refractivity (Wildman–Crippen MR) is 102 cm³/mol. The van der Waals surface area contributed by atoms with E-state index >= 15 is 0 Å². The van der Waals surface area contributed by atoms with E-state index in [2.05, 4.69) is 15.6 Å². The Bertz CT molecular complexity index is 885. The van der Waals surface area contributed by atoms with Crippen LogP contribution >= 0.6 is 23.2 Å². The summed E-state index contributed by atoms with van der Waals surface area (Å²) in [5, 5.41) is 6.83. The molecule has 25 heavy (non-hydrogen) atoms. The van der Waals surface area contributed by atoms with E-state index in [1.165, 1.54) is 0 Å². The highest BCUT2D eigenvalue weighted by Crippen LogP contribution is 2.25. The first-order valence-corrected chi connectivity index (χ1v) is 8.38. The van der Waals surface area contributed by atoms with Gasteiger partial charge in [-0.15, -0.1) is 0 Å². The van der Waals surface area contributed by atoms with Crippen molar-refractivity contribution in [3.63, 3.8) is 0 Å². The summed E-state index contributed by atoms with van der Waals surface area (Å²) in [5.41, 5.74) is 2.21. The van der Waals surface area contributed by atoms with Gasteiger partial charge in [-0.2, -0.15) is 0 Å². The number of hydrogen-bond donors (Lipinski definition) is 2. The van der Waals surface area contributed by atoms with Crippen molar-refractivity contribution >= 4 is 40.6 Å². The Morgan fingerprint density at radius 1 is 0.960 bits per heavy atom. The number of aromatic nitrogens is 1. The highest BCUT2D eigenvalue weighted by molar-refractivity contribution is 6.42. The molecule has 1 amide bonds. The Labute approximate surface area is 155 Å². The van der Waals surface area contributed by atoms with E-state index in [9.17, 15) is 4.79 Å². The number of carbonyl (C=O) groups excluding carboxylic acids is 1. The van der Waals surface area contributed by atoms with Crippen LogP contribution in [-0.4, -0.2) is 10.9 Å². The Morgan fingerprint density at radius 3 is 2.52 bits per heavy atom. The Morgan fingerprint density at radius 2 is 1.76 bits per heavy atom. The number of amides is 1. The molecule has 0 unspecified atom stereocenters. The molecule has 0 radical (unpaired) electrons. The van der Waals surface area contributed by atoms with Gasteiger partial charge in [0.2, 0.25) is 0 Å². The highest BCUT2D eigenvalue weighted by Gasteiger charge is 2.09. The van der Waals surface area contributed by atoms with E-state index in [0.717, 1.165) is 5.56 Å². The summed E-state index contributed by atoms with van der Waals surface area (Å²) < 4.78 is 0. The maximum atomic E-state index is 12.4. The maximum Gasteiger partial charge on any atom is 0.255 e. The molecule has 1 heterocycles. The van der Waals surface area contributed by atoms with E-state index in [4.69, 9.17) is 23.2 Å². The van der Waals surface area contributed by atoms with Crippen LogP contribution in [0.15, 0.2) is 66.9 Å². The molecule has 0 spiro atoms. The van der Waals surface area contributed by atoms with Crippen LogP contribution in [0, 0.1) is 0 Å². The number of benzene rings is 2. The third-order valence-corrected chi connectivity index (χ3v) is 4.26. The lowest BCUT2D eigenvalue weighted by Gasteiger charge is -2.09. The van der Waals surface area contributed by atoms with Crippen molar-refractivity contribution in [3.8, 4) is 0 Å². The van der Waals surface area contributed by atoms with E-state index in [1.807, 2.05) is 30.3 Å². The predicted octanol–water partition coefficient (Wildman–Crippen LogP) is 5.25. The summed E-state index contributed by atoms with van der Waals surface area (Å²) in [4.78, 5) is 16.6. The Balaban J connectivity index is 1.67. The average molecular weight is 372 g/mol. The van der Waals surface area contributed by atoms with E-state index in [0.29, 0.717) is 33.7 Å². The number of pyridine rings is 1. The van der Waals surface area contributed by atoms with E-state index in [-0.39, 0.29) is 5.91 Å². The lowest BCUT2D eigenvalue weighted by atomic mass is 10.2. The van der Waals surface area contributed by atoms with E-state index in [1.54, 1.807) is 36.5 Å². The van der Waals surface area contributed by atoms with Gasteiger partial charge in [0, 0.05) is 24.0 Å². The second-order valence-electron chi connectivity index (χ2n) is 5.35. The Hall–Kier alpha value is -2.56. The highest BCUT2D eigenvalue weighted by atomic mass is 35.5.